The molecule has 2 N–H and O–H groups in total. The molecule has 0 unspecified atom stereocenters. The first-order valence-electron chi connectivity index (χ1n) is 8.75. The number of methoxy groups -OCH3 is 1. The molecule has 2 aromatic heterocycles. The molecule has 27 heavy (non-hydrogen) atoms. The highest BCUT2D eigenvalue weighted by atomic mass is 32.1. The number of carbonyl (C=O) groups excluding carboxylic acids is 1. The van der Waals surface area contributed by atoms with Crippen molar-refractivity contribution in [1.29, 1.82) is 5.26 Å². The first-order chi connectivity index (χ1) is 13.2. The largest absolute Gasteiger partial charge is 0.497 e. The number of aromatic nitrogens is 2. The molecule has 1 aliphatic carbocycles. The van der Waals surface area contributed by atoms with Gasteiger partial charge in [0.2, 0.25) is 0 Å². The number of nitrogens with zero attached hydrogens (tertiary/aromatic N) is 2. The summed E-state index contributed by atoms with van der Waals surface area (Å²) in [5.41, 5.74) is 3.63. The Morgan fingerprint density at radius 1 is 1.30 bits per heavy atom. The molecule has 1 aromatic carbocycles. The second-order valence-corrected chi connectivity index (χ2v) is 7.48. The number of fused-ring (bicyclic) bond motifs is 1. The molecule has 0 radical (unpaired) electrons. The van der Waals surface area contributed by atoms with Gasteiger partial charge in [-0.05, 0) is 61.6 Å². The number of benzene rings is 1. The van der Waals surface area contributed by atoms with Gasteiger partial charge in [-0.25, -0.2) is 0 Å². The van der Waals surface area contributed by atoms with E-state index in [0.29, 0.717) is 22.0 Å². The summed E-state index contributed by atoms with van der Waals surface area (Å²) in [5.74, 6) is 0.468. The van der Waals surface area contributed by atoms with E-state index in [2.05, 4.69) is 21.6 Å². The van der Waals surface area contributed by atoms with Crippen LogP contribution in [-0.2, 0) is 12.8 Å². The first-order valence-corrected chi connectivity index (χ1v) is 9.57. The molecule has 136 valence electrons. The number of thiophene rings is 1. The summed E-state index contributed by atoms with van der Waals surface area (Å²) in [4.78, 5) is 13.9. The van der Waals surface area contributed by atoms with Crippen LogP contribution in [0.5, 0.6) is 5.75 Å². The fourth-order valence-electron chi connectivity index (χ4n) is 3.29. The normalized spacial score (nSPS) is 12.9. The lowest BCUT2D eigenvalue weighted by Crippen LogP contribution is -2.12. The van der Waals surface area contributed by atoms with E-state index in [0.717, 1.165) is 42.6 Å². The summed E-state index contributed by atoms with van der Waals surface area (Å²) < 4.78 is 5.15. The van der Waals surface area contributed by atoms with E-state index >= 15 is 0 Å². The smallest absolute Gasteiger partial charge is 0.274 e. The molecule has 3 aromatic rings. The van der Waals surface area contributed by atoms with Crippen molar-refractivity contribution < 1.29 is 9.53 Å². The van der Waals surface area contributed by atoms with Crippen molar-refractivity contribution in [3.63, 3.8) is 0 Å². The topological polar surface area (TPSA) is 90.8 Å². The summed E-state index contributed by atoms with van der Waals surface area (Å²) in [5, 5.41) is 20.0. The van der Waals surface area contributed by atoms with Crippen molar-refractivity contribution in [3.05, 3.63) is 52.0 Å². The minimum atomic E-state index is -0.294. The number of aromatic amines is 1. The van der Waals surface area contributed by atoms with Crippen LogP contribution in [0.2, 0.25) is 0 Å². The highest BCUT2D eigenvalue weighted by Crippen LogP contribution is 2.37. The molecule has 1 aliphatic rings. The number of hydrogen-bond acceptors (Lipinski definition) is 5. The third-order valence-electron chi connectivity index (χ3n) is 4.72. The zero-order valence-electron chi connectivity index (χ0n) is 14.8. The van der Waals surface area contributed by atoms with Gasteiger partial charge in [-0.15, -0.1) is 11.3 Å². The Kier molecular flexibility index (Phi) is 4.65. The van der Waals surface area contributed by atoms with Crippen LogP contribution in [0.4, 0.5) is 5.00 Å². The second-order valence-electron chi connectivity index (χ2n) is 6.38. The van der Waals surface area contributed by atoms with Crippen molar-refractivity contribution in [2.75, 3.05) is 12.4 Å². The fourth-order valence-corrected chi connectivity index (χ4v) is 4.53. The average molecular weight is 378 g/mol. The van der Waals surface area contributed by atoms with Crippen molar-refractivity contribution in [1.82, 2.24) is 10.2 Å². The zero-order chi connectivity index (χ0) is 18.8. The van der Waals surface area contributed by atoms with Crippen LogP contribution in [-0.4, -0.2) is 23.2 Å². The molecule has 0 saturated heterocycles. The number of nitriles is 1. The molecule has 0 bridgehead atoms. The number of anilines is 1. The Hall–Kier alpha value is -3.11. The number of hydrogen-bond donors (Lipinski definition) is 2. The van der Waals surface area contributed by atoms with Crippen LogP contribution >= 0.6 is 11.3 Å². The molecule has 0 fully saturated rings. The second kappa shape index (κ2) is 7.25. The average Bonchev–Trinajstić information content (AvgIpc) is 3.32. The Labute approximate surface area is 160 Å². The van der Waals surface area contributed by atoms with Gasteiger partial charge in [0.15, 0.2) is 0 Å². The fraction of sp³-hybridized carbons (Fsp3) is 0.250. The van der Waals surface area contributed by atoms with Crippen LogP contribution in [0.1, 0.15) is 39.3 Å². The number of rotatable bonds is 4. The van der Waals surface area contributed by atoms with Crippen molar-refractivity contribution >= 4 is 22.2 Å². The van der Waals surface area contributed by atoms with Gasteiger partial charge in [0.05, 0.1) is 18.4 Å². The molecule has 7 heteroatoms. The predicted octanol–water partition coefficient (Wildman–Crippen LogP) is 4.15. The number of aryl methyl sites for hydroxylation is 1. The maximum Gasteiger partial charge on any atom is 0.274 e. The number of H-pyrrole nitrogens is 1. The molecule has 0 aliphatic heterocycles. The van der Waals surface area contributed by atoms with Gasteiger partial charge in [-0.3, -0.25) is 9.89 Å². The predicted molar refractivity (Wildman–Crippen MR) is 104 cm³/mol. The van der Waals surface area contributed by atoms with Gasteiger partial charge in [0, 0.05) is 10.4 Å². The molecule has 6 nitrogen and oxygen atoms in total. The summed E-state index contributed by atoms with van der Waals surface area (Å²) in [6.07, 6.45) is 4.13. The lowest BCUT2D eigenvalue weighted by atomic mass is 9.96. The lowest BCUT2D eigenvalue weighted by Gasteiger charge is -2.09. The quantitative estimate of drug-likeness (QED) is 0.713. The highest BCUT2D eigenvalue weighted by Gasteiger charge is 2.22. The zero-order valence-corrected chi connectivity index (χ0v) is 15.7. The van der Waals surface area contributed by atoms with Gasteiger partial charge in [-0.1, -0.05) is 0 Å². The minimum Gasteiger partial charge on any atom is -0.497 e. The van der Waals surface area contributed by atoms with Gasteiger partial charge in [0.25, 0.3) is 5.91 Å². The van der Waals surface area contributed by atoms with Gasteiger partial charge < -0.3 is 10.1 Å². The number of amides is 1. The third-order valence-corrected chi connectivity index (χ3v) is 5.93. The molecule has 0 atom stereocenters. The molecule has 2 heterocycles. The molecular formula is C20H18N4O2S. The summed E-state index contributed by atoms with van der Waals surface area (Å²) in [6, 6.07) is 11.4. The van der Waals surface area contributed by atoms with Gasteiger partial charge in [0.1, 0.15) is 22.5 Å². The number of ether oxygens (including phenoxy) is 1. The Balaban J connectivity index is 1.55. The Morgan fingerprint density at radius 3 is 2.81 bits per heavy atom. The SMILES string of the molecule is COc1ccc(-c2cc(C(=O)Nc3sc4c(c3C#N)CCCC4)[nH]n2)cc1. The van der Waals surface area contributed by atoms with E-state index in [1.54, 1.807) is 13.2 Å². The maximum atomic E-state index is 12.6. The maximum absolute atomic E-state index is 12.6. The van der Waals surface area contributed by atoms with Crippen molar-refractivity contribution in [2.24, 2.45) is 0 Å². The third kappa shape index (κ3) is 3.32. The molecule has 4 rings (SSSR count). The summed E-state index contributed by atoms with van der Waals surface area (Å²) in [6.45, 7) is 0. The standard InChI is InChI=1S/C20H18N4O2S/c1-26-13-8-6-12(7-9-13)16-10-17(24-23-16)19(25)22-20-15(11-21)14-4-2-3-5-18(14)27-20/h6-10H,2-5H2,1H3,(H,22,25)(H,23,24). The Morgan fingerprint density at radius 2 is 2.07 bits per heavy atom. The van der Waals surface area contributed by atoms with Crippen LogP contribution in [0, 0.1) is 11.3 Å². The molecule has 0 saturated carbocycles. The first kappa shape index (κ1) is 17.3. The lowest BCUT2D eigenvalue weighted by molar-refractivity contribution is 0.102. The summed E-state index contributed by atoms with van der Waals surface area (Å²) in [7, 11) is 1.61. The van der Waals surface area contributed by atoms with E-state index in [9.17, 15) is 10.1 Å². The Bertz CT molecular complexity index is 1030. The number of nitrogens with one attached hydrogen (secondary N) is 2. The molecule has 0 spiro atoms. The van der Waals surface area contributed by atoms with E-state index in [1.165, 1.54) is 16.2 Å². The van der Waals surface area contributed by atoms with Crippen LogP contribution in [0.15, 0.2) is 30.3 Å². The van der Waals surface area contributed by atoms with Crippen LogP contribution in [0.25, 0.3) is 11.3 Å². The van der Waals surface area contributed by atoms with E-state index in [-0.39, 0.29) is 5.91 Å². The van der Waals surface area contributed by atoms with Crippen molar-refractivity contribution in [3.8, 4) is 23.1 Å². The summed E-state index contributed by atoms with van der Waals surface area (Å²) >= 11 is 1.51. The number of carbonyl (C=O) groups is 1. The highest BCUT2D eigenvalue weighted by molar-refractivity contribution is 7.16. The van der Waals surface area contributed by atoms with E-state index in [4.69, 9.17) is 4.74 Å². The van der Waals surface area contributed by atoms with Gasteiger partial charge in [-0.2, -0.15) is 10.4 Å². The monoisotopic (exact) mass is 378 g/mol. The van der Waals surface area contributed by atoms with Gasteiger partial charge >= 0.3 is 0 Å². The van der Waals surface area contributed by atoms with Crippen LogP contribution in [0.3, 0.4) is 0 Å². The molecular weight excluding hydrogens is 360 g/mol. The van der Waals surface area contributed by atoms with Crippen LogP contribution < -0.4 is 10.1 Å². The van der Waals surface area contributed by atoms with E-state index in [1.807, 2.05) is 24.3 Å². The minimum absolute atomic E-state index is 0.294. The van der Waals surface area contributed by atoms with E-state index < -0.39 is 0 Å². The molecule has 1 amide bonds. The van der Waals surface area contributed by atoms with Crippen molar-refractivity contribution in [2.45, 2.75) is 25.7 Å².